The Kier molecular flexibility index (Phi) is 2.86. The van der Waals surface area contributed by atoms with Gasteiger partial charge in [-0.05, 0) is 11.4 Å². The zero-order valence-corrected chi connectivity index (χ0v) is 11.7. The van der Waals surface area contributed by atoms with Crippen LogP contribution in [-0.2, 0) is 0 Å². The summed E-state index contributed by atoms with van der Waals surface area (Å²) >= 11 is 1.44. The van der Waals surface area contributed by atoms with Gasteiger partial charge in [-0.2, -0.15) is 9.90 Å². The second-order valence-corrected chi connectivity index (χ2v) is 5.59. The zero-order valence-electron chi connectivity index (χ0n) is 10.9. The highest BCUT2D eigenvalue weighted by molar-refractivity contribution is 7.17. The van der Waals surface area contributed by atoms with E-state index in [-0.39, 0.29) is 11.9 Å². The van der Waals surface area contributed by atoms with Crippen LogP contribution in [0, 0.1) is 0 Å². The molecular formula is C12H11N7OS. The molecule has 4 heterocycles. The van der Waals surface area contributed by atoms with Crippen LogP contribution in [-0.4, -0.2) is 44.0 Å². The number of hydrogen-bond acceptors (Lipinski definition) is 7. The molecule has 2 N–H and O–H groups in total. The fraction of sp³-hybridized carbons (Fsp3) is 0.250. The van der Waals surface area contributed by atoms with Crippen molar-refractivity contribution in [2.45, 2.75) is 6.04 Å². The third-order valence-corrected chi connectivity index (χ3v) is 4.21. The van der Waals surface area contributed by atoms with Gasteiger partial charge in [0.15, 0.2) is 5.82 Å². The average Bonchev–Trinajstić information content (AvgIpc) is 3.05. The minimum absolute atomic E-state index is 0.263. The van der Waals surface area contributed by atoms with Gasteiger partial charge in [0.05, 0.1) is 22.5 Å². The van der Waals surface area contributed by atoms with Crippen LogP contribution in [0.4, 0.5) is 5.82 Å². The molecule has 1 aliphatic heterocycles. The number of nitrogens with zero attached hydrogens (tertiary/aromatic N) is 5. The molecule has 21 heavy (non-hydrogen) atoms. The predicted molar refractivity (Wildman–Crippen MR) is 77.3 cm³/mol. The number of carbonyl (C=O) groups excluding carboxylic acids is 1. The van der Waals surface area contributed by atoms with E-state index in [0.717, 1.165) is 23.3 Å². The van der Waals surface area contributed by atoms with E-state index in [4.69, 9.17) is 0 Å². The number of carbonyl (C=O) groups is 1. The Morgan fingerprint density at radius 2 is 2.33 bits per heavy atom. The fourth-order valence-electron chi connectivity index (χ4n) is 2.07. The monoisotopic (exact) mass is 301 g/mol. The van der Waals surface area contributed by atoms with Crippen LogP contribution in [0.25, 0.3) is 10.2 Å². The first kappa shape index (κ1) is 12.4. The van der Waals surface area contributed by atoms with Crippen molar-refractivity contribution >= 4 is 33.3 Å². The summed E-state index contributed by atoms with van der Waals surface area (Å²) in [6.07, 6.45) is 2.93. The van der Waals surface area contributed by atoms with Gasteiger partial charge in [-0.15, -0.1) is 16.4 Å². The molecule has 0 aromatic carbocycles. The van der Waals surface area contributed by atoms with Gasteiger partial charge < -0.3 is 10.6 Å². The van der Waals surface area contributed by atoms with Gasteiger partial charge in [-0.1, -0.05) is 0 Å². The van der Waals surface area contributed by atoms with Crippen molar-refractivity contribution in [1.29, 1.82) is 0 Å². The molecule has 3 aromatic heterocycles. The van der Waals surface area contributed by atoms with Crippen LogP contribution in [0.5, 0.6) is 0 Å². The lowest BCUT2D eigenvalue weighted by Gasteiger charge is -2.25. The minimum Gasteiger partial charge on any atom is -0.312 e. The summed E-state index contributed by atoms with van der Waals surface area (Å²) in [7, 11) is 0. The highest BCUT2D eigenvalue weighted by Crippen LogP contribution is 2.21. The van der Waals surface area contributed by atoms with E-state index in [0.29, 0.717) is 11.5 Å². The first-order chi connectivity index (χ1) is 10.3. The van der Waals surface area contributed by atoms with E-state index in [9.17, 15) is 4.79 Å². The van der Waals surface area contributed by atoms with E-state index in [1.807, 2.05) is 11.4 Å². The molecule has 1 saturated heterocycles. The molecule has 0 spiro atoms. The summed E-state index contributed by atoms with van der Waals surface area (Å²) in [6, 6.07) is 2.12. The van der Waals surface area contributed by atoms with Crippen molar-refractivity contribution in [3.8, 4) is 0 Å². The van der Waals surface area contributed by atoms with Gasteiger partial charge in [0.1, 0.15) is 12.0 Å². The quantitative estimate of drug-likeness (QED) is 0.738. The van der Waals surface area contributed by atoms with Crippen LogP contribution < -0.4 is 10.6 Å². The van der Waals surface area contributed by atoms with E-state index in [2.05, 4.69) is 30.8 Å². The lowest BCUT2D eigenvalue weighted by atomic mass is 10.2. The Hall–Kier alpha value is -2.39. The van der Waals surface area contributed by atoms with Crippen LogP contribution >= 0.6 is 11.3 Å². The second-order valence-electron chi connectivity index (χ2n) is 4.67. The summed E-state index contributed by atoms with van der Waals surface area (Å²) in [5.74, 6) is 0.124. The molecule has 0 bridgehead atoms. The van der Waals surface area contributed by atoms with Gasteiger partial charge >= 0.3 is 0 Å². The van der Waals surface area contributed by atoms with Crippen LogP contribution in [0.15, 0.2) is 24.0 Å². The fourth-order valence-corrected chi connectivity index (χ4v) is 2.90. The molecular weight excluding hydrogens is 290 g/mol. The molecule has 8 nitrogen and oxygen atoms in total. The smallest absolute Gasteiger partial charge is 0.277 e. The molecule has 0 radical (unpaired) electrons. The number of fused-ring (bicyclic) bond motifs is 1. The number of rotatable bonds is 3. The highest BCUT2D eigenvalue weighted by atomic mass is 32.1. The molecule has 4 rings (SSSR count). The molecule has 3 aromatic rings. The largest absolute Gasteiger partial charge is 0.312 e. The third-order valence-electron chi connectivity index (χ3n) is 3.29. The second kappa shape index (κ2) is 4.86. The highest BCUT2D eigenvalue weighted by Gasteiger charge is 2.21. The number of thiophene rings is 1. The zero-order chi connectivity index (χ0) is 14.2. The van der Waals surface area contributed by atoms with Crippen LogP contribution in [0.3, 0.4) is 0 Å². The summed E-state index contributed by atoms with van der Waals surface area (Å²) in [5.41, 5.74) is 1.12. The Bertz CT molecular complexity index is 807. The molecule has 1 fully saturated rings. The predicted octanol–water partition coefficient (Wildman–Crippen LogP) is 0.679. The topological polar surface area (TPSA) is 97.6 Å². The van der Waals surface area contributed by atoms with E-state index >= 15 is 0 Å². The molecule has 0 saturated carbocycles. The van der Waals surface area contributed by atoms with Crippen molar-refractivity contribution in [3.05, 3.63) is 29.7 Å². The molecule has 0 unspecified atom stereocenters. The van der Waals surface area contributed by atoms with E-state index in [1.54, 1.807) is 11.0 Å². The van der Waals surface area contributed by atoms with Crippen LogP contribution in [0.1, 0.15) is 16.5 Å². The molecule has 0 aliphatic carbocycles. The molecule has 1 amide bonds. The maximum Gasteiger partial charge on any atom is 0.277 e. The molecule has 9 heteroatoms. The van der Waals surface area contributed by atoms with Crippen molar-refractivity contribution in [1.82, 2.24) is 30.3 Å². The lowest BCUT2D eigenvalue weighted by Crippen LogP contribution is -2.44. The standard InChI is InChI=1S/C12H11N7OS/c20-12(10-11-8(1-2-21-11)14-6-15-10)17-9-5-16-19(18-9)7-3-13-4-7/h1-2,5-7,13H,3-4H2,(H,17,18,20). The summed E-state index contributed by atoms with van der Waals surface area (Å²) < 4.78 is 0.769. The van der Waals surface area contributed by atoms with Crippen molar-refractivity contribution in [3.63, 3.8) is 0 Å². The number of amides is 1. The Balaban J connectivity index is 1.57. The maximum atomic E-state index is 12.3. The van der Waals surface area contributed by atoms with Crippen LogP contribution in [0.2, 0.25) is 0 Å². The molecule has 0 atom stereocenters. The lowest BCUT2D eigenvalue weighted by molar-refractivity contribution is 0.102. The van der Waals surface area contributed by atoms with Crippen molar-refractivity contribution in [2.75, 3.05) is 18.4 Å². The minimum atomic E-state index is -0.302. The average molecular weight is 301 g/mol. The summed E-state index contributed by atoms with van der Waals surface area (Å²) in [5, 5.41) is 16.2. The molecule has 106 valence electrons. The first-order valence-electron chi connectivity index (χ1n) is 6.43. The van der Waals surface area contributed by atoms with E-state index < -0.39 is 0 Å². The Morgan fingerprint density at radius 1 is 1.43 bits per heavy atom. The normalized spacial score (nSPS) is 15.0. The SMILES string of the molecule is O=C(Nc1cnn(C2CNC2)n1)c1ncnc2ccsc12. The van der Waals surface area contributed by atoms with Crippen molar-refractivity contribution < 1.29 is 4.79 Å². The summed E-state index contributed by atoms with van der Waals surface area (Å²) in [4.78, 5) is 22.1. The van der Waals surface area contributed by atoms with Gasteiger partial charge in [0.25, 0.3) is 5.91 Å². The van der Waals surface area contributed by atoms with Gasteiger partial charge in [0.2, 0.25) is 0 Å². The first-order valence-corrected chi connectivity index (χ1v) is 7.31. The molecule has 1 aliphatic rings. The summed E-state index contributed by atoms with van der Waals surface area (Å²) in [6.45, 7) is 1.70. The number of hydrogen-bond donors (Lipinski definition) is 2. The third kappa shape index (κ3) is 2.16. The Morgan fingerprint density at radius 3 is 3.14 bits per heavy atom. The van der Waals surface area contributed by atoms with Gasteiger partial charge in [-0.25, -0.2) is 9.97 Å². The Labute approximate surface area is 123 Å². The number of anilines is 1. The maximum absolute atomic E-state index is 12.3. The number of nitrogens with one attached hydrogen (secondary N) is 2. The van der Waals surface area contributed by atoms with Gasteiger partial charge in [-0.3, -0.25) is 4.79 Å². The van der Waals surface area contributed by atoms with Crippen molar-refractivity contribution in [2.24, 2.45) is 0 Å². The number of aromatic nitrogens is 5. The van der Waals surface area contributed by atoms with E-state index in [1.165, 1.54) is 17.7 Å². The van der Waals surface area contributed by atoms with Gasteiger partial charge in [0, 0.05) is 13.1 Å².